The summed E-state index contributed by atoms with van der Waals surface area (Å²) in [7, 11) is -4.58. The molecular formula is C18H40NO4P. The minimum absolute atomic E-state index is 0.0181. The molecular weight excluding hydrogens is 325 g/mol. The van der Waals surface area contributed by atoms with Crippen molar-refractivity contribution in [2.75, 3.05) is 6.61 Å². The van der Waals surface area contributed by atoms with E-state index in [0.29, 0.717) is 0 Å². The molecule has 0 aromatic heterocycles. The molecule has 0 rings (SSSR count). The minimum atomic E-state index is -4.58. The Labute approximate surface area is 149 Å². The smallest absolute Gasteiger partial charge is 0.265 e. The molecule has 0 spiro atoms. The largest absolute Gasteiger partial charge is 0.756 e. The predicted octanol–water partition coefficient (Wildman–Crippen LogP) is 3.95. The zero-order chi connectivity index (χ0) is 18.1. The van der Waals surface area contributed by atoms with Crippen LogP contribution < -0.4 is 10.6 Å². The fourth-order valence-electron chi connectivity index (χ4n) is 2.91. The van der Waals surface area contributed by atoms with Gasteiger partial charge in [-0.2, -0.15) is 0 Å². The lowest BCUT2D eigenvalue weighted by Crippen LogP contribution is -2.63. The molecule has 0 saturated carbocycles. The molecule has 5 nitrogen and oxygen atoms in total. The van der Waals surface area contributed by atoms with E-state index in [1.165, 1.54) is 77.0 Å². The van der Waals surface area contributed by atoms with Crippen molar-refractivity contribution in [3.8, 4) is 0 Å². The van der Waals surface area contributed by atoms with Gasteiger partial charge in [-0.3, -0.25) is 4.57 Å². The van der Waals surface area contributed by atoms with Crippen molar-refractivity contribution in [2.24, 2.45) is 0 Å². The zero-order valence-electron chi connectivity index (χ0n) is 15.7. The van der Waals surface area contributed by atoms with Crippen LogP contribution in [0.15, 0.2) is 0 Å². The van der Waals surface area contributed by atoms with Gasteiger partial charge >= 0.3 is 0 Å². The lowest BCUT2D eigenvalue weighted by atomic mass is 10.0. The third kappa shape index (κ3) is 20.1. The van der Waals surface area contributed by atoms with Crippen molar-refractivity contribution in [1.82, 2.24) is 0 Å². The maximum atomic E-state index is 10.5. The fourth-order valence-corrected chi connectivity index (χ4v) is 3.31. The maximum absolute atomic E-state index is 10.5. The first kappa shape index (κ1) is 24.1. The van der Waals surface area contributed by atoms with Crippen molar-refractivity contribution in [2.45, 2.75) is 109 Å². The van der Waals surface area contributed by atoms with Gasteiger partial charge in [0.05, 0.1) is 0 Å². The Kier molecular flexibility index (Phi) is 16.6. The van der Waals surface area contributed by atoms with Crippen LogP contribution in [0.1, 0.15) is 103 Å². The number of rotatable bonds is 18. The van der Waals surface area contributed by atoms with Crippen molar-refractivity contribution < 1.29 is 24.6 Å². The van der Waals surface area contributed by atoms with Crippen LogP contribution in [0.3, 0.4) is 0 Å². The Morgan fingerprint density at radius 1 is 0.875 bits per heavy atom. The summed E-state index contributed by atoms with van der Waals surface area (Å²) in [6, 6.07) is -0.0725. The number of quaternary nitrogens is 1. The highest BCUT2D eigenvalue weighted by Gasteiger charge is 2.10. The number of hydrogen-bond acceptors (Lipinski definition) is 3. The first-order valence-electron chi connectivity index (χ1n) is 9.97. The summed E-state index contributed by atoms with van der Waals surface area (Å²) < 4.78 is 14.8. The molecule has 1 unspecified atom stereocenters. The predicted molar refractivity (Wildman–Crippen MR) is 97.4 cm³/mol. The molecule has 0 bridgehead atoms. The Bertz CT molecular complexity index is 309. The molecule has 0 saturated heterocycles. The van der Waals surface area contributed by atoms with Crippen molar-refractivity contribution in [3.63, 3.8) is 0 Å². The lowest BCUT2D eigenvalue weighted by molar-refractivity contribution is -0.427. The molecule has 4 N–H and O–H groups in total. The van der Waals surface area contributed by atoms with Crippen molar-refractivity contribution in [1.29, 1.82) is 0 Å². The Morgan fingerprint density at radius 2 is 1.25 bits per heavy atom. The van der Waals surface area contributed by atoms with Crippen LogP contribution in [0.25, 0.3) is 0 Å². The van der Waals surface area contributed by atoms with Gasteiger partial charge in [0.2, 0.25) is 0 Å². The molecule has 0 heterocycles. The molecule has 146 valence electrons. The summed E-state index contributed by atoms with van der Waals surface area (Å²) in [6.07, 6.45) is 19.4. The highest BCUT2D eigenvalue weighted by atomic mass is 31.2. The van der Waals surface area contributed by atoms with Gasteiger partial charge in [-0.05, 0) is 6.42 Å². The second-order valence-corrected chi connectivity index (χ2v) is 8.21. The number of unbranched alkanes of at least 4 members (excludes halogenated alkanes) is 13. The van der Waals surface area contributed by atoms with Gasteiger partial charge in [0, 0.05) is 6.42 Å². The summed E-state index contributed by atoms with van der Waals surface area (Å²) in [5, 5.41) is 0. The van der Waals surface area contributed by atoms with Crippen LogP contribution in [-0.2, 0) is 9.09 Å². The van der Waals surface area contributed by atoms with Gasteiger partial charge in [-0.1, -0.05) is 90.4 Å². The number of phosphoric acid groups is 1. The normalized spacial score (nSPS) is 15.3. The molecule has 2 atom stereocenters. The molecule has 0 aliphatic rings. The van der Waals surface area contributed by atoms with E-state index in [1.807, 2.05) is 0 Å². The Morgan fingerprint density at radius 3 is 1.62 bits per heavy atom. The van der Waals surface area contributed by atoms with Crippen molar-refractivity contribution >= 4 is 7.82 Å². The highest BCUT2D eigenvalue weighted by molar-refractivity contribution is 7.44. The quantitative estimate of drug-likeness (QED) is 0.284. The molecule has 0 aliphatic heterocycles. The number of phosphoric ester groups is 1. The van der Waals surface area contributed by atoms with E-state index in [0.717, 1.165) is 19.3 Å². The van der Waals surface area contributed by atoms with Gasteiger partial charge in [0.1, 0.15) is 12.6 Å². The second kappa shape index (κ2) is 16.5. The Balaban J connectivity index is 3.16. The fraction of sp³-hybridized carbons (Fsp3) is 1.00. The Hall–Kier alpha value is 0.0700. The van der Waals surface area contributed by atoms with Crippen molar-refractivity contribution in [3.05, 3.63) is 0 Å². The van der Waals surface area contributed by atoms with E-state index in [-0.39, 0.29) is 12.6 Å². The maximum Gasteiger partial charge on any atom is 0.265 e. The highest BCUT2D eigenvalue weighted by Crippen LogP contribution is 2.30. The first-order valence-corrected chi connectivity index (χ1v) is 11.5. The van der Waals surface area contributed by atoms with E-state index in [4.69, 9.17) is 4.89 Å². The van der Waals surface area contributed by atoms with Gasteiger partial charge in [0.15, 0.2) is 0 Å². The van der Waals surface area contributed by atoms with E-state index >= 15 is 0 Å². The second-order valence-electron chi connectivity index (χ2n) is 7.02. The third-order valence-electron chi connectivity index (χ3n) is 4.44. The molecule has 6 heteroatoms. The van der Waals surface area contributed by atoms with Crippen LogP contribution in [0.2, 0.25) is 0 Å². The molecule has 0 aliphatic carbocycles. The summed E-state index contributed by atoms with van der Waals surface area (Å²) in [6.45, 7) is 2.24. The van der Waals surface area contributed by atoms with Crippen LogP contribution in [-0.4, -0.2) is 17.5 Å². The van der Waals surface area contributed by atoms with Crippen LogP contribution in [0.5, 0.6) is 0 Å². The monoisotopic (exact) mass is 365 g/mol. The molecule has 0 fully saturated rings. The van der Waals surface area contributed by atoms with Gasteiger partial charge in [0.25, 0.3) is 7.82 Å². The topological polar surface area (TPSA) is 97.2 Å². The molecule has 0 aromatic carbocycles. The van der Waals surface area contributed by atoms with Gasteiger partial charge < -0.3 is 20.0 Å². The zero-order valence-corrected chi connectivity index (χ0v) is 16.6. The van der Waals surface area contributed by atoms with Crippen LogP contribution in [0.4, 0.5) is 0 Å². The van der Waals surface area contributed by atoms with E-state index in [2.05, 4.69) is 17.2 Å². The molecule has 0 radical (unpaired) electrons. The van der Waals surface area contributed by atoms with E-state index < -0.39 is 7.82 Å². The standard InChI is InChI=1S/C18H40NO4P/c1-2-3-4-5-6-7-8-9-10-11-12-13-14-15-16-18(19)17-23-24(20,21)22/h18H,2-17,19H2,1H3,(H2,20,21,22)/t18-/m1/s1. The average Bonchev–Trinajstić information content (AvgIpc) is 2.52. The van der Waals surface area contributed by atoms with E-state index in [1.54, 1.807) is 0 Å². The molecule has 0 aromatic rings. The average molecular weight is 365 g/mol. The van der Waals surface area contributed by atoms with Crippen LogP contribution in [0, 0.1) is 0 Å². The summed E-state index contributed by atoms with van der Waals surface area (Å²) in [4.78, 5) is 19.0. The van der Waals surface area contributed by atoms with E-state index in [9.17, 15) is 9.46 Å². The summed E-state index contributed by atoms with van der Waals surface area (Å²) in [5.41, 5.74) is 3.84. The lowest BCUT2D eigenvalue weighted by Gasteiger charge is -2.17. The van der Waals surface area contributed by atoms with Crippen LogP contribution >= 0.6 is 7.82 Å². The minimum Gasteiger partial charge on any atom is -0.756 e. The first-order chi connectivity index (χ1) is 11.5. The SMILES string of the molecule is CCCCCCCCCCCCCCCC[C@@H]([NH3+])COP(=O)([O-])O. The van der Waals surface area contributed by atoms with Gasteiger partial charge in [-0.25, -0.2) is 0 Å². The molecule has 0 amide bonds. The summed E-state index contributed by atoms with van der Waals surface area (Å²) >= 11 is 0. The van der Waals surface area contributed by atoms with Gasteiger partial charge in [-0.15, -0.1) is 0 Å². The third-order valence-corrected chi connectivity index (χ3v) is 4.91. The number of hydrogen-bond donors (Lipinski definition) is 2. The summed E-state index contributed by atoms with van der Waals surface area (Å²) in [5.74, 6) is 0. The molecule has 24 heavy (non-hydrogen) atoms.